The molecule has 1 N–H and O–H groups in total. The number of halogens is 1. The van der Waals surface area contributed by atoms with Crippen molar-refractivity contribution in [3.8, 4) is 11.5 Å². The number of nitrogens with one attached hydrogen (secondary N) is 1. The Labute approximate surface area is 163 Å². The molecule has 2 aromatic carbocycles. The summed E-state index contributed by atoms with van der Waals surface area (Å²) in [6.45, 7) is 6.89. The lowest BCUT2D eigenvalue weighted by molar-refractivity contribution is 0.447. The maximum atomic E-state index is 11.5. The summed E-state index contributed by atoms with van der Waals surface area (Å²) < 4.78 is 17.8. The first kappa shape index (κ1) is 19.4. The van der Waals surface area contributed by atoms with E-state index in [-0.39, 0.29) is 0 Å². The van der Waals surface area contributed by atoms with Gasteiger partial charge in [0.1, 0.15) is 11.5 Å². The second-order valence-electron chi connectivity index (χ2n) is 6.98. The van der Waals surface area contributed by atoms with Crippen LogP contribution in [0.3, 0.4) is 0 Å². The molecule has 0 unspecified atom stereocenters. The summed E-state index contributed by atoms with van der Waals surface area (Å²) in [5.41, 5.74) is 4.45. The fourth-order valence-electron chi connectivity index (χ4n) is 3.24. The third-order valence-corrected chi connectivity index (χ3v) is 6.85. The molecule has 0 bridgehead atoms. The Kier molecular flexibility index (Phi) is 6.38. The third kappa shape index (κ3) is 4.48. The summed E-state index contributed by atoms with van der Waals surface area (Å²) in [5.74, 6) is 3.26. The highest BCUT2D eigenvalue weighted by Gasteiger charge is 2.19. The highest BCUT2D eigenvalue weighted by molar-refractivity contribution is 7.85. The zero-order valence-electron chi connectivity index (χ0n) is 15.6. The zero-order valence-corrected chi connectivity index (χ0v) is 17.2. The minimum Gasteiger partial charge on any atom is -0.456 e. The lowest BCUT2D eigenvalue weighted by Gasteiger charge is -2.24. The summed E-state index contributed by atoms with van der Waals surface area (Å²) in [4.78, 5) is 0. The van der Waals surface area contributed by atoms with E-state index in [1.54, 1.807) is 0 Å². The second kappa shape index (κ2) is 8.55. The van der Waals surface area contributed by atoms with E-state index in [0.717, 1.165) is 52.5 Å². The Bertz CT molecular complexity index is 812. The number of ether oxygens (including phenoxy) is 1. The van der Waals surface area contributed by atoms with Crippen molar-refractivity contribution in [3.63, 3.8) is 0 Å². The summed E-state index contributed by atoms with van der Waals surface area (Å²) in [6.07, 6.45) is 1.90. The van der Waals surface area contributed by atoms with E-state index in [2.05, 4.69) is 38.2 Å². The standard InChI is InChI=1S/C21H26ClNO2S/c1-14-7-8-15(2)21(16(14)3)25-20-6-4-5-19(22)18(20)13-23-17-9-11-26(24)12-10-17/h4-8,17,23H,9-13H2,1-3H3. The van der Waals surface area contributed by atoms with Crippen LogP contribution in [-0.2, 0) is 17.3 Å². The van der Waals surface area contributed by atoms with Gasteiger partial charge in [-0.2, -0.15) is 0 Å². The first-order valence-electron chi connectivity index (χ1n) is 9.06. The lowest BCUT2D eigenvalue weighted by Crippen LogP contribution is -2.35. The van der Waals surface area contributed by atoms with Gasteiger partial charge in [0.15, 0.2) is 0 Å². The molecule has 0 radical (unpaired) electrons. The van der Waals surface area contributed by atoms with Crippen LogP contribution in [-0.4, -0.2) is 21.8 Å². The summed E-state index contributed by atoms with van der Waals surface area (Å²) >= 11 is 6.48. The molecule has 1 fully saturated rings. The molecular formula is C21H26ClNO2S. The quantitative estimate of drug-likeness (QED) is 0.774. The van der Waals surface area contributed by atoms with Crippen molar-refractivity contribution in [3.05, 3.63) is 57.6 Å². The fourth-order valence-corrected chi connectivity index (χ4v) is 4.77. The van der Waals surface area contributed by atoms with E-state index < -0.39 is 10.8 Å². The Morgan fingerprint density at radius 1 is 1.12 bits per heavy atom. The van der Waals surface area contributed by atoms with Crippen LogP contribution in [0.15, 0.2) is 30.3 Å². The van der Waals surface area contributed by atoms with E-state index in [1.165, 1.54) is 5.56 Å². The van der Waals surface area contributed by atoms with E-state index in [4.69, 9.17) is 16.3 Å². The number of aryl methyl sites for hydroxylation is 2. The molecule has 3 rings (SSSR count). The molecule has 0 amide bonds. The Morgan fingerprint density at radius 3 is 2.54 bits per heavy atom. The summed E-state index contributed by atoms with van der Waals surface area (Å²) in [6, 6.07) is 10.4. The molecule has 0 saturated carbocycles. The second-order valence-corrected chi connectivity index (χ2v) is 9.08. The van der Waals surface area contributed by atoms with Crippen LogP contribution in [0.1, 0.15) is 35.1 Å². The predicted octanol–water partition coefficient (Wildman–Crippen LogP) is 5.06. The molecule has 5 heteroatoms. The van der Waals surface area contributed by atoms with Crippen LogP contribution in [0.2, 0.25) is 5.02 Å². The van der Waals surface area contributed by atoms with Gasteiger partial charge in [-0.05, 0) is 62.4 Å². The molecule has 1 heterocycles. The number of hydrogen-bond acceptors (Lipinski definition) is 3. The van der Waals surface area contributed by atoms with Crippen molar-refractivity contribution < 1.29 is 8.95 Å². The molecule has 0 aliphatic carbocycles. The summed E-state index contributed by atoms with van der Waals surface area (Å²) in [7, 11) is -0.643. The summed E-state index contributed by atoms with van der Waals surface area (Å²) in [5, 5.41) is 4.27. The highest BCUT2D eigenvalue weighted by Crippen LogP contribution is 2.35. The monoisotopic (exact) mass is 391 g/mol. The van der Waals surface area contributed by atoms with Crippen molar-refractivity contribution in [1.82, 2.24) is 5.32 Å². The average Bonchev–Trinajstić information content (AvgIpc) is 2.63. The molecule has 1 saturated heterocycles. The van der Waals surface area contributed by atoms with Gasteiger partial charge >= 0.3 is 0 Å². The molecule has 1 aliphatic rings. The number of hydrogen-bond donors (Lipinski definition) is 1. The average molecular weight is 392 g/mol. The topological polar surface area (TPSA) is 38.3 Å². The Morgan fingerprint density at radius 2 is 1.81 bits per heavy atom. The molecule has 0 spiro atoms. The van der Waals surface area contributed by atoms with Crippen LogP contribution >= 0.6 is 11.6 Å². The van der Waals surface area contributed by atoms with Gasteiger partial charge in [-0.25, -0.2) is 0 Å². The molecule has 26 heavy (non-hydrogen) atoms. The minimum absolute atomic E-state index is 0.388. The smallest absolute Gasteiger partial charge is 0.133 e. The van der Waals surface area contributed by atoms with Crippen LogP contribution in [0.5, 0.6) is 11.5 Å². The molecule has 3 nitrogen and oxygen atoms in total. The van der Waals surface area contributed by atoms with Crippen molar-refractivity contribution in [2.75, 3.05) is 11.5 Å². The predicted molar refractivity (Wildman–Crippen MR) is 110 cm³/mol. The van der Waals surface area contributed by atoms with Gasteiger partial charge in [0.2, 0.25) is 0 Å². The van der Waals surface area contributed by atoms with E-state index in [9.17, 15) is 4.21 Å². The van der Waals surface area contributed by atoms with Crippen LogP contribution in [0, 0.1) is 20.8 Å². The van der Waals surface area contributed by atoms with Crippen molar-refractivity contribution in [1.29, 1.82) is 0 Å². The van der Waals surface area contributed by atoms with E-state index in [1.807, 2.05) is 18.2 Å². The van der Waals surface area contributed by atoms with Gasteiger partial charge in [0, 0.05) is 45.5 Å². The van der Waals surface area contributed by atoms with Gasteiger partial charge in [0.05, 0.1) is 0 Å². The van der Waals surface area contributed by atoms with Crippen molar-refractivity contribution in [2.24, 2.45) is 0 Å². The molecular weight excluding hydrogens is 366 g/mol. The maximum absolute atomic E-state index is 11.5. The zero-order chi connectivity index (χ0) is 18.7. The van der Waals surface area contributed by atoms with Crippen LogP contribution in [0.4, 0.5) is 0 Å². The van der Waals surface area contributed by atoms with E-state index >= 15 is 0 Å². The Balaban J connectivity index is 1.80. The molecule has 2 aromatic rings. The van der Waals surface area contributed by atoms with Crippen molar-refractivity contribution >= 4 is 22.4 Å². The first-order chi connectivity index (χ1) is 12.5. The van der Waals surface area contributed by atoms with Gasteiger partial charge in [-0.3, -0.25) is 4.21 Å². The molecule has 0 atom stereocenters. The molecule has 140 valence electrons. The largest absolute Gasteiger partial charge is 0.456 e. The minimum atomic E-state index is -0.643. The van der Waals surface area contributed by atoms with Gasteiger partial charge < -0.3 is 10.1 Å². The van der Waals surface area contributed by atoms with Gasteiger partial charge in [0.25, 0.3) is 0 Å². The van der Waals surface area contributed by atoms with Gasteiger partial charge in [-0.1, -0.05) is 29.8 Å². The lowest BCUT2D eigenvalue weighted by atomic mass is 10.1. The third-order valence-electron chi connectivity index (χ3n) is 5.12. The SMILES string of the molecule is Cc1ccc(C)c(Oc2cccc(Cl)c2CNC2CCS(=O)CC2)c1C. The molecule has 1 aliphatic heterocycles. The maximum Gasteiger partial charge on any atom is 0.133 e. The normalized spacial score (nSPS) is 20.2. The number of rotatable bonds is 5. The van der Waals surface area contributed by atoms with Gasteiger partial charge in [-0.15, -0.1) is 0 Å². The molecule has 0 aromatic heterocycles. The highest BCUT2D eigenvalue weighted by atomic mass is 35.5. The first-order valence-corrected chi connectivity index (χ1v) is 10.9. The Hall–Kier alpha value is -1.36. The number of benzene rings is 2. The van der Waals surface area contributed by atoms with Crippen LogP contribution < -0.4 is 10.1 Å². The fraction of sp³-hybridized carbons (Fsp3) is 0.429. The van der Waals surface area contributed by atoms with Crippen molar-refractivity contribution in [2.45, 2.75) is 46.2 Å². The van der Waals surface area contributed by atoms with Crippen LogP contribution in [0.25, 0.3) is 0 Å². The van der Waals surface area contributed by atoms with E-state index in [0.29, 0.717) is 17.6 Å².